The van der Waals surface area contributed by atoms with Gasteiger partial charge in [-0.2, -0.15) is 0 Å². The summed E-state index contributed by atoms with van der Waals surface area (Å²) in [6.45, 7) is 3.93. The molecule has 0 bridgehead atoms. The highest BCUT2D eigenvalue weighted by Gasteiger charge is 2.30. The van der Waals surface area contributed by atoms with E-state index in [9.17, 15) is 4.79 Å². The maximum absolute atomic E-state index is 10.3. The molecule has 0 aromatic rings. The Morgan fingerprint density at radius 2 is 2.00 bits per heavy atom. The van der Waals surface area contributed by atoms with Crippen molar-refractivity contribution in [3.63, 3.8) is 0 Å². The summed E-state index contributed by atoms with van der Waals surface area (Å²) in [6.07, 6.45) is 4.51. The summed E-state index contributed by atoms with van der Waals surface area (Å²) in [5.41, 5.74) is -0.133. The minimum Gasteiger partial charge on any atom is -0.481 e. The molecule has 1 aliphatic rings. The van der Waals surface area contributed by atoms with Gasteiger partial charge in [-0.25, -0.2) is 0 Å². The smallest absolute Gasteiger partial charge is 0.303 e. The zero-order valence-electron chi connectivity index (χ0n) is 6.10. The molecule has 1 N–H and O–H groups in total. The normalized spacial score (nSPS) is 22.9. The molecule has 0 aromatic carbocycles. The van der Waals surface area contributed by atoms with E-state index in [0.717, 1.165) is 25.7 Å². The number of carboxylic acids is 1. The molecule has 0 spiro atoms. The predicted molar refractivity (Wildman–Crippen MR) is 38.5 cm³/mol. The molecule has 0 atom stereocenters. The molecule has 1 fully saturated rings. The van der Waals surface area contributed by atoms with Gasteiger partial charge >= 0.3 is 5.97 Å². The van der Waals surface area contributed by atoms with Gasteiger partial charge in [0, 0.05) is 0 Å². The van der Waals surface area contributed by atoms with Crippen molar-refractivity contribution in [1.29, 1.82) is 0 Å². The Hall–Kier alpha value is -0.530. The molecule has 0 aromatic heterocycles. The highest BCUT2D eigenvalue weighted by molar-refractivity contribution is 5.67. The minimum atomic E-state index is -0.711. The van der Waals surface area contributed by atoms with Crippen molar-refractivity contribution >= 4 is 5.97 Å². The summed E-state index contributed by atoms with van der Waals surface area (Å²) < 4.78 is 0. The highest BCUT2D eigenvalue weighted by Crippen LogP contribution is 2.39. The fraction of sp³-hybridized carbons (Fsp3) is 0.750. The lowest BCUT2D eigenvalue weighted by atomic mass is 9.85. The molecule has 10 heavy (non-hydrogen) atoms. The number of rotatable bonds is 2. The summed E-state index contributed by atoms with van der Waals surface area (Å²) in [7, 11) is 0. The number of carbonyl (C=O) groups is 1. The van der Waals surface area contributed by atoms with Gasteiger partial charge < -0.3 is 5.11 Å². The third-order valence-corrected chi connectivity index (χ3v) is 2.19. The van der Waals surface area contributed by atoms with Gasteiger partial charge in [0.15, 0.2) is 0 Å². The summed E-state index contributed by atoms with van der Waals surface area (Å²) in [4.78, 5) is 10.3. The molecular weight excluding hydrogens is 128 g/mol. The van der Waals surface area contributed by atoms with Gasteiger partial charge in [0.2, 0.25) is 0 Å². The van der Waals surface area contributed by atoms with E-state index in [0.29, 0.717) is 0 Å². The minimum absolute atomic E-state index is 0.133. The van der Waals surface area contributed by atoms with E-state index in [4.69, 9.17) is 5.11 Å². The lowest BCUT2D eigenvalue weighted by Crippen LogP contribution is -2.16. The lowest BCUT2D eigenvalue weighted by molar-refractivity contribution is -0.139. The Morgan fingerprint density at radius 3 is 2.40 bits per heavy atom. The zero-order valence-corrected chi connectivity index (χ0v) is 6.10. The van der Waals surface area contributed by atoms with Crippen LogP contribution in [-0.4, -0.2) is 11.1 Å². The van der Waals surface area contributed by atoms with Crippen LogP contribution in [-0.2, 0) is 4.79 Å². The monoisotopic (exact) mass is 141 g/mol. The van der Waals surface area contributed by atoms with Crippen molar-refractivity contribution in [2.45, 2.75) is 32.1 Å². The summed E-state index contributed by atoms with van der Waals surface area (Å²) in [6, 6.07) is 0. The molecule has 1 radical (unpaired) electrons. The number of aliphatic carboxylic acids is 1. The molecule has 0 aliphatic heterocycles. The van der Waals surface area contributed by atoms with Gasteiger partial charge in [-0.3, -0.25) is 4.79 Å². The van der Waals surface area contributed by atoms with Crippen molar-refractivity contribution in [1.82, 2.24) is 0 Å². The quantitative estimate of drug-likeness (QED) is 0.637. The third-order valence-electron chi connectivity index (χ3n) is 2.19. The molecule has 57 valence electrons. The summed E-state index contributed by atoms with van der Waals surface area (Å²) in [5.74, 6) is -0.711. The van der Waals surface area contributed by atoms with Crippen LogP contribution < -0.4 is 0 Å². The van der Waals surface area contributed by atoms with Crippen molar-refractivity contribution in [2.75, 3.05) is 0 Å². The van der Waals surface area contributed by atoms with Crippen LogP contribution in [0.25, 0.3) is 0 Å². The van der Waals surface area contributed by atoms with Gasteiger partial charge in [0.1, 0.15) is 0 Å². The van der Waals surface area contributed by atoms with Crippen molar-refractivity contribution in [3.05, 3.63) is 6.92 Å². The molecule has 0 unspecified atom stereocenters. The predicted octanol–water partition coefficient (Wildman–Crippen LogP) is 1.86. The largest absolute Gasteiger partial charge is 0.481 e. The first-order valence-electron chi connectivity index (χ1n) is 3.70. The molecule has 1 saturated carbocycles. The first-order valence-corrected chi connectivity index (χ1v) is 3.70. The molecular formula is C8H13O2. The van der Waals surface area contributed by atoms with Gasteiger partial charge in [-0.05, 0) is 25.2 Å². The average molecular weight is 141 g/mol. The van der Waals surface area contributed by atoms with Crippen molar-refractivity contribution in [3.8, 4) is 0 Å². The second-order valence-electron chi connectivity index (χ2n) is 3.28. The first-order chi connectivity index (χ1) is 4.62. The number of hydrogen-bond donors (Lipinski definition) is 1. The van der Waals surface area contributed by atoms with E-state index < -0.39 is 5.97 Å². The fourth-order valence-corrected chi connectivity index (χ4v) is 1.62. The zero-order chi connectivity index (χ0) is 7.61. The van der Waals surface area contributed by atoms with Crippen LogP contribution in [0, 0.1) is 12.3 Å². The van der Waals surface area contributed by atoms with Gasteiger partial charge in [-0.1, -0.05) is 12.8 Å². The third kappa shape index (κ3) is 1.72. The van der Waals surface area contributed by atoms with Gasteiger partial charge in [-0.15, -0.1) is 0 Å². The molecule has 2 heteroatoms. The number of hydrogen-bond acceptors (Lipinski definition) is 1. The van der Waals surface area contributed by atoms with Gasteiger partial charge in [0.25, 0.3) is 0 Å². The topological polar surface area (TPSA) is 37.3 Å². The van der Waals surface area contributed by atoms with Crippen molar-refractivity contribution < 1.29 is 9.90 Å². The maximum atomic E-state index is 10.3. The van der Waals surface area contributed by atoms with E-state index >= 15 is 0 Å². The Bertz CT molecular complexity index is 134. The number of carboxylic acid groups (broad SMARTS) is 1. The second-order valence-corrected chi connectivity index (χ2v) is 3.28. The molecule has 0 amide bonds. The molecule has 1 rings (SSSR count). The van der Waals surface area contributed by atoms with E-state index in [-0.39, 0.29) is 11.8 Å². The van der Waals surface area contributed by atoms with Crippen LogP contribution in [0.1, 0.15) is 32.1 Å². The average Bonchev–Trinajstić information content (AvgIpc) is 2.12. The molecule has 2 nitrogen and oxygen atoms in total. The maximum Gasteiger partial charge on any atom is 0.303 e. The van der Waals surface area contributed by atoms with Crippen molar-refractivity contribution in [2.24, 2.45) is 5.41 Å². The Morgan fingerprint density at radius 1 is 1.50 bits per heavy atom. The Balaban J connectivity index is 2.43. The van der Waals surface area contributed by atoms with Crippen LogP contribution >= 0.6 is 0 Å². The van der Waals surface area contributed by atoms with Crippen LogP contribution in [0.4, 0.5) is 0 Å². The Kier molecular flexibility index (Phi) is 1.97. The van der Waals surface area contributed by atoms with E-state index in [2.05, 4.69) is 6.92 Å². The van der Waals surface area contributed by atoms with Crippen LogP contribution in [0.5, 0.6) is 0 Å². The summed E-state index contributed by atoms with van der Waals surface area (Å²) >= 11 is 0. The highest BCUT2D eigenvalue weighted by atomic mass is 16.4. The fourth-order valence-electron chi connectivity index (χ4n) is 1.62. The first kappa shape index (κ1) is 7.58. The van der Waals surface area contributed by atoms with E-state index in [1.54, 1.807) is 0 Å². The summed E-state index contributed by atoms with van der Waals surface area (Å²) in [5, 5.41) is 8.50. The SMILES string of the molecule is [CH2]C1(CC(=O)O)CCCC1. The van der Waals surface area contributed by atoms with Crippen LogP contribution in [0.3, 0.4) is 0 Å². The second kappa shape index (κ2) is 2.60. The lowest BCUT2D eigenvalue weighted by Gasteiger charge is -2.19. The molecule has 0 heterocycles. The van der Waals surface area contributed by atoms with Crippen LogP contribution in [0.15, 0.2) is 0 Å². The Labute approximate surface area is 61.2 Å². The molecule has 0 saturated heterocycles. The standard InChI is InChI=1S/C8H13O2/c1-8(6-7(9)10)4-2-3-5-8/h1-6H2,(H,9,10). The van der Waals surface area contributed by atoms with Gasteiger partial charge in [0.05, 0.1) is 6.42 Å². The van der Waals surface area contributed by atoms with E-state index in [1.807, 2.05) is 0 Å². The molecule has 1 aliphatic carbocycles. The van der Waals surface area contributed by atoms with E-state index in [1.165, 1.54) is 0 Å². The van der Waals surface area contributed by atoms with Crippen LogP contribution in [0.2, 0.25) is 0 Å².